The smallest absolute Gasteiger partial charge is 0.249 e. The maximum atomic E-state index is 13.4. The molecule has 1 aromatic carbocycles. The molecular weight excluding hydrogens is 385 g/mol. The molecule has 1 saturated heterocycles. The van der Waals surface area contributed by atoms with Crippen molar-refractivity contribution < 1.29 is 18.4 Å². The van der Waals surface area contributed by atoms with Crippen LogP contribution in [-0.4, -0.2) is 45.6 Å². The number of alkyl halides is 3. The number of benzene rings is 1. The molecule has 1 saturated carbocycles. The fourth-order valence-electron chi connectivity index (χ4n) is 2.89. The summed E-state index contributed by atoms with van der Waals surface area (Å²) in [4.78, 5) is 26.0. The molecule has 0 N–H and O–H groups in total. The molecule has 24 heavy (non-hydrogen) atoms. The molecule has 2 atom stereocenters. The second kappa shape index (κ2) is 5.71. The second-order valence-electron chi connectivity index (χ2n) is 6.02. The van der Waals surface area contributed by atoms with Crippen LogP contribution >= 0.6 is 34.8 Å². The van der Waals surface area contributed by atoms with E-state index in [9.17, 15) is 18.4 Å². The van der Waals surface area contributed by atoms with Crippen molar-refractivity contribution in [2.45, 2.75) is 28.1 Å². The van der Waals surface area contributed by atoms with Crippen LogP contribution in [0.2, 0.25) is 0 Å². The number of rotatable bonds is 3. The Balaban J connectivity index is 1.78. The van der Waals surface area contributed by atoms with Gasteiger partial charge in [0.1, 0.15) is 22.0 Å². The largest absolute Gasteiger partial charge is 0.332 e. The van der Waals surface area contributed by atoms with E-state index in [4.69, 9.17) is 34.8 Å². The molecule has 2 fully saturated rings. The lowest BCUT2D eigenvalue weighted by Gasteiger charge is -2.26. The monoisotopic (exact) mass is 396 g/mol. The Labute approximate surface area is 152 Å². The predicted octanol–water partition coefficient (Wildman–Crippen LogP) is 3.08. The van der Waals surface area contributed by atoms with Crippen molar-refractivity contribution in [2.24, 2.45) is 0 Å². The van der Waals surface area contributed by atoms with E-state index < -0.39 is 38.7 Å². The van der Waals surface area contributed by atoms with Crippen LogP contribution in [0.5, 0.6) is 0 Å². The third kappa shape index (κ3) is 2.74. The number of carbonyl (C=O) groups is 2. The first kappa shape index (κ1) is 17.7. The van der Waals surface area contributed by atoms with Gasteiger partial charge in [-0.05, 0) is 18.6 Å². The van der Waals surface area contributed by atoms with Crippen LogP contribution in [0.3, 0.4) is 0 Å². The summed E-state index contributed by atoms with van der Waals surface area (Å²) in [6.07, 6.45) is 0.400. The van der Waals surface area contributed by atoms with E-state index in [0.29, 0.717) is 6.42 Å². The summed E-state index contributed by atoms with van der Waals surface area (Å²) in [6.45, 7) is 0.228. The number of likely N-dealkylation sites (N-methyl/N-ethyl adjacent to an activating group) is 1. The minimum absolute atomic E-state index is 0.0908. The van der Waals surface area contributed by atoms with E-state index in [0.717, 1.165) is 18.2 Å². The van der Waals surface area contributed by atoms with Gasteiger partial charge in [-0.3, -0.25) is 9.59 Å². The van der Waals surface area contributed by atoms with Crippen LogP contribution in [0, 0.1) is 11.6 Å². The molecule has 2 unspecified atom stereocenters. The second-order valence-corrected chi connectivity index (χ2v) is 8.15. The maximum Gasteiger partial charge on any atom is 0.249 e. The Morgan fingerprint density at radius 1 is 1.25 bits per heavy atom. The molecule has 1 aromatic rings. The summed E-state index contributed by atoms with van der Waals surface area (Å²) >= 11 is 17.9. The van der Waals surface area contributed by atoms with Gasteiger partial charge >= 0.3 is 0 Å². The minimum Gasteiger partial charge on any atom is -0.332 e. The quantitative estimate of drug-likeness (QED) is 0.736. The molecule has 4 nitrogen and oxygen atoms in total. The van der Waals surface area contributed by atoms with E-state index in [-0.39, 0.29) is 18.7 Å². The van der Waals surface area contributed by atoms with Crippen LogP contribution in [0.4, 0.5) is 14.5 Å². The Morgan fingerprint density at radius 2 is 1.79 bits per heavy atom. The SMILES string of the molecule is CN(C(=O)C1(Cl)CC1(Cl)Cl)C1CCN(c2cc(F)cc(F)c2)C1=O. The summed E-state index contributed by atoms with van der Waals surface area (Å²) in [7, 11) is 1.44. The van der Waals surface area contributed by atoms with Crippen molar-refractivity contribution in [3.63, 3.8) is 0 Å². The molecule has 3 rings (SSSR count). The lowest BCUT2D eigenvalue weighted by molar-refractivity contribution is -0.137. The average molecular weight is 398 g/mol. The molecule has 0 radical (unpaired) electrons. The number of hydrogen-bond donors (Lipinski definition) is 0. The van der Waals surface area contributed by atoms with Gasteiger partial charge in [0.2, 0.25) is 11.8 Å². The van der Waals surface area contributed by atoms with Crippen molar-refractivity contribution in [1.82, 2.24) is 4.90 Å². The van der Waals surface area contributed by atoms with Gasteiger partial charge in [0.15, 0.2) is 4.87 Å². The molecule has 1 aliphatic heterocycles. The normalized spacial score (nSPS) is 28.2. The van der Waals surface area contributed by atoms with Crippen molar-refractivity contribution in [3.05, 3.63) is 29.8 Å². The number of anilines is 1. The molecule has 0 aromatic heterocycles. The number of halogens is 5. The molecule has 0 bridgehead atoms. The van der Waals surface area contributed by atoms with Gasteiger partial charge in [0.25, 0.3) is 0 Å². The first-order valence-corrected chi connectivity index (χ1v) is 8.32. The highest BCUT2D eigenvalue weighted by Gasteiger charge is 2.72. The highest BCUT2D eigenvalue weighted by molar-refractivity contribution is 6.62. The van der Waals surface area contributed by atoms with E-state index in [1.165, 1.54) is 16.8 Å². The number of nitrogens with zero attached hydrogens (tertiary/aromatic N) is 2. The third-order valence-electron chi connectivity index (χ3n) is 4.38. The van der Waals surface area contributed by atoms with Gasteiger partial charge in [-0.1, -0.05) is 23.2 Å². The van der Waals surface area contributed by atoms with E-state index in [1.54, 1.807) is 0 Å². The zero-order chi connectivity index (χ0) is 17.9. The minimum atomic E-state index is -1.44. The van der Waals surface area contributed by atoms with Gasteiger partial charge in [-0.25, -0.2) is 8.78 Å². The Hall–Kier alpha value is -1.11. The lowest BCUT2D eigenvalue weighted by Crippen LogP contribution is -2.47. The average Bonchev–Trinajstić information content (AvgIpc) is 2.81. The van der Waals surface area contributed by atoms with E-state index in [2.05, 4.69) is 0 Å². The molecule has 2 amide bonds. The number of amides is 2. The van der Waals surface area contributed by atoms with Crippen LogP contribution in [0.15, 0.2) is 18.2 Å². The van der Waals surface area contributed by atoms with Gasteiger partial charge in [0.05, 0.1) is 0 Å². The van der Waals surface area contributed by atoms with Crippen LogP contribution in [-0.2, 0) is 9.59 Å². The first-order valence-electron chi connectivity index (χ1n) is 7.18. The first-order chi connectivity index (χ1) is 11.1. The lowest BCUT2D eigenvalue weighted by atomic mass is 10.2. The van der Waals surface area contributed by atoms with Gasteiger partial charge in [-0.15, -0.1) is 11.6 Å². The molecule has 0 spiro atoms. The van der Waals surface area contributed by atoms with E-state index in [1.807, 2.05) is 0 Å². The Morgan fingerprint density at radius 3 is 2.29 bits per heavy atom. The van der Waals surface area contributed by atoms with Gasteiger partial charge in [-0.2, -0.15) is 0 Å². The zero-order valence-electron chi connectivity index (χ0n) is 12.5. The molecule has 1 aliphatic carbocycles. The summed E-state index contributed by atoms with van der Waals surface area (Å²) in [5.74, 6) is -2.54. The molecule has 9 heteroatoms. The van der Waals surface area contributed by atoms with E-state index >= 15 is 0 Å². The third-order valence-corrected chi connectivity index (χ3v) is 6.11. The van der Waals surface area contributed by atoms with Crippen molar-refractivity contribution >= 4 is 52.3 Å². The maximum absolute atomic E-state index is 13.4. The molecule has 130 valence electrons. The highest BCUT2D eigenvalue weighted by atomic mass is 35.5. The molecule has 1 heterocycles. The summed E-state index contributed by atoms with van der Waals surface area (Å²) in [5, 5.41) is 0. The molecule has 2 aliphatic rings. The Kier molecular flexibility index (Phi) is 4.21. The standard InChI is InChI=1S/C15H13Cl3F2N2O2/c1-21(13(24)14(16)7-15(14,17)18)11-2-3-22(12(11)23)10-5-8(19)4-9(20)6-10/h4-6,11H,2-3,7H2,1H3. The summed E-state index contributed by atoms with van der Waals surface area (Å²) < 4.78 is 25.4. The van der Waals surface area contributed by atoms with Crippen molar-refractivity contribution in [1.29, 1.82) is 0 Å². The fraction of sp³-hybridized carbons (Fsp3) is 0.467. The van der Waals surface area contributed by atoms with Crippen LogP contribution in [0.1, 0.15) is 12.8 Å². The molecular formula is C15H13Cl3F2N2O2. The Bertz CT molecular complexity index is 710. The number of hydrogen-bond acceptors (Lipinski definition) is 2. The van der Waals surface area contributed by atoms with Gasteiger partial charge in [0, 0.05) is 31.8 Å². The van der Waals surface area contributed by atoms with Gasteiger partial charge < -0.3 is 9.80 Å². The van der Waals surface area contributed by atoms with Crippen LogP contribution < -0.4 is 4.90 Å². The van der Waals surface area contributed by atoms with Crippen molar-refractivity contribution in [3.8, 4) is 0 Å². The highest BCUT2D eigenvalue weighted by Crippen LogP contribution is 2.62. The summed E-state index contributed by atoms with van der Waals surface area (Å²) in [5.41, 5.74) is 0.108. The summed E-state index contributed by atoms with van der Waals surface area (Å²) in [6, 6.07) is 2.07. The zero-order valence-corrected chi connectivity index (χ0v) is 14.8. The fourth-order valence-corrected chi connectivity index (χ4v) is 3.92. The van der Waals surface area contributed by atoms with Crippen LogP contribution in [0.25, 0.3) is 0 Å². The van der Waals surface area contributed by atoms with Crippen molar-refractivity contribution in [2.75, 3.05) is 18.5 Å². The topological polar surface area (TPSA) is 40.6 Å². The number of carbonyl (C=O) groups excluding carboxylic acids is 2. The predicted molar refractivity (Wildman–Crippen MR) is 87.5 cm³/mol.